The van der Waals surface area contributed by atoms with Crippen molar-refractivity contribution < 1.29 is 9.63 Å². The van der Waals surface area contributed by atoms with E-state index in [0.29, 0.717) is 11.7 Å². The Morgan fingerprint density at radius 1 is 1.35 bits per heavy atom. The van der Waals surface area contributed by atoms with Crippen LogP contribution in [0.2, 0.25) is 0 Å². The Morgan fingerprint density at radius 3 is 2.90 bits per heavy atom. The quantitative estimate of drug-likeness (QED) is 0.886. The summed E-state index contributed by atoms with van der Waals surface area (Å²) in [5.41, 5.74) is 0.832. The zero-order valence-corrected chi connectivity index (χ0v) is 12.2. The predicted octanol–water partition coefficient (Wildman–Crippen LogP) is 1.27. The first-order chi connectivity index (χ1) is 8.88. The van der Waals surface area contributed by atoms with Gasteiger partial charge in [0, 0.05) is 43.6 Å². The Bertz CT molecular complexity index is 523. The van der Waals surface area contributed by atoms with E-state index < -0.39 is 0 Å². The van der Waals surface area contributed by atoms with Gasteiger partial charge < -0.3 is 14.9 Å². The molecule has 3 rings (SSSR count). The molecule has 110 valence electrons. The number of aliphatic hydroxyl groups excluding tert-OH is 1. The van der Waals surface area contributed by atoms with Crippen molar-refractivity contribution in [2.75, 3.05) is 19.7 Å². The lowest BCUT2D eigenvalue weighted by atomic mass is 9.97. The SMILES string of the molecule is Cl.Cl.OCC1CNCC1c1nc(-c2cccnc2)no1. The van der Waals surface area contributed by atoms with Crippen LogP contribution in [0.15, 0.2) is 29.0 Å². The fraction of sp³-hybridized carbons (Fsp3) is 0.417. The molecule has 8 heteroatoms. The summed E-state index contributed by atoms with van der Waals surface area (Å²) in [7, 11) is 0. The van der Waals surface area contributed by atoms with E-state index in [0.717, 1.165) is 18.7 Å². The highest BCUT2D eigenvalue weighted by Crippen LogP contribution is 2.27. The number of nitrogens with one attached hydrogen (secondary N) is 1. The summed E-state index contributed by atoms with van der Waals surface area (Å²) in [5.74, 6) is 1.36. The first-order valence-corrected chi connectivity index (χ1v) is 5.94. The van der Waals surface area contributed by atoms with Crippen LogP contribution in [-0.2, 0) is 0 Å². The summed E-state index contributed by atoms with van der Waals surface area (Å²) in [6, 6.07) is 3.72. The van der Waals surface area contributed by atoms with Gasteiger partial charge in [0.05, 0.1) is 5.92 Å². The molecule has 2 aromatic heterocycles. The molecule has 0 bridgehead atoms. The third-order valence-electron chi connectivity index (χ3n) is 3.25. The lowest BCUT2D eigenvalue weighted by Crippen LogP contribution is -2.15. The van der Waals surface area contributed by atoms with Gasteiger partial charge in [-0.3, -0.25) is 4.98 Å². The summed E-state index contributed by atoms with van der Waals surface area (Å²) in [5, 5.41) is 16.5. The fourth-order valence-corrected chi connectivity index (χ4v) is 2.21. The molecule has 0 saturated carbocycles. The van der Waals surface area contributed by atoms with Crippen LogP contribution >= 0.6 is 24.8 Å². The third kappa shape index (κ3) is 3.27. The number of aromatic nitrogens is 3. The highest BCUT2D eigenvalue weighted by molar-refractivity contribution is 5.85. The summed E-state index contributed by atoms with van der Waals surface area (Å²) in [6.07, 6.45) is 3.40. The van der Waals surface area contributed by atoms with E-state index in [1.165, 1.54) is 0 Å². The molecule has 20 heavy (non-hydrogen) atoms. The molecule has 0 aliphatic carbocycles. The lowest BCUT2D eigenvalue weighted by Gasteiger charge is -2.10. The van der Waals surface area contributed by atoms with Crippen LogP contribution in [0, 0.1) is 5.92 Å². The number of hydrogen-bond acceptors (Lipinski definition) is 6. The average Bonchev–Trinajstić information content (AvgIpc) is 3.08. The Balaban J connectivity index is 0.000001000. The van der Waals surface area contributed by atoms with Gasteiger partial charge in [-0.25, -0.2) is 0 Å². The minimum absolute atomic E-state index is 0. The molecular formula is C12H16Cl2N4O2. The van der Waals surface area contributed by atoms with Crippen molar-refractivity contribution in [1.29, 1.82) is 0 Å². The van der Waals surface area contributed by atoms with Crippen LogP contribution in [-0.4, -0.2) is 39.9 Å². The van der Waals surface area contributed by atoms with E-state index >= 15 is 0 Å². The molecule has 2 unspecified atom stereocenters. The lowest BCUT2D eigenvalue weighted by molar-refractivity contribution is 0.211. The van der Waals surface area contributed by atoms with Crippen molar-refractivity contribution in [3.8, 4) is 11.4 Å². The molecular weight excluding hydrogens is 303 g/mol. The van der Waals surface area contributed by atoms with Crippen molar-refractivity contribution in [2.45, 2.75) is 5.92 Å². The molecule has 0 spiro atoms. The first-order valence-electron chi connectivity index (χ1n) is 5.94. The summed E-state index contributed by atoms with van der Waals surface area (Å²) < 4.78 is 5.30. The summed E-state index contributed by atoms with van der Waals surface area (Å²) >= 11 is 0. The van der Waals surface area contributed by atoms with E-state index in [-0.39, 0.29) is 43.3 Å². The fourth-order valence-electron chi connectivity index (χ4n) is 2.21. The zero-order chi connectivity index (χ0) is 12.4. The molecule has 0 amide bonds. The topological polar surface area (TPSA) is 84.1 Å². The van der Waals surface area contributed by atoms with Gasteiger partial charge in [-0.2, -0.15) is 4.98 Å². The van der Waals surface area contributed by atoms with Crippen LogP contribution in [0.4, 0.5) is 0 Å². The van der Waals surface area contributed by atoms with E-state index in [9.17, 15) is 5.11 Å². The third-order valence-corrected chi connectivity index (χ3v) is 3.25. The maximum absolute atomic E-state index is 9.28. The van der Waals surface area contributed by atoms with Gasteiger partial charge in [0.25, 0.3) is 0 Å². The Hall–Kier alpha value is -1.21. The van der Waals surface area contributed by atoms with Gasteiger partial charge >= 0.3 is 0 Å². The van der Waals surface area contributed by atoms with Crippen molar-refractivity contribution in [3.63, 3.8) is 0 Å². The summed E-state index contributed by atoms with van der Waals surface area (Å²) in [4.78, 5) is 8.42. The standard InChI is InChI=1S/C12H14N4O2.2ClH/c17-7-9-5-14-6-10(9)12-15-11(16-18-12)8-2-1-3-13-4-8;;/h1-4,9-10,14,17H,5-7H2;2*1H. The number of aliphatic hydroxyl groups is 1. The van der Waals surface area contributed by atoms with Gasteiger partial charge in [-0.15, -0.1) is 24.8 Å². The second-order valence-electron chi connectivity index (χ2n) is 4.41. The highest BCUT2D eigenvalue weighted by atomic mass is 35.5. The van der Waals surface area contributed by atoms with Crippen LogP contribution in [0.3, 0.4) is 0 Å². The van der Waals surface area contributed by atoms with Gasteiger partial charge in [-0.05, 0) is 12.1 Å². The Morgan fingerprint density at radius 2 is 2.20 bits per heavy atom. The molecule has 1 aliphatic heterocycles. The van der Waals surface area contributed by atoms with E-state index in [1.54, 1.807) is 12.4 Å². The van der Waals surface area contributed by atoms with Crippen LogP contribution in [0.5, 0.6) is 0 Å². The number of nitrogens with zero attached hydrogens (tertiary/aromatic N) is 3. The van der Waals surface area contributed by atoms with Gasteiger partial charge in [0.1, 0.15) is 0 Å². The number of rotatable bonds is 3. The highest BCUT2D eigenvalue weighted by Gasteiger charge is 2.32. The second kappa shape index (κ2) is 7.54. The smallest absolute Gasteiger partial charge is 0.231 e. The Labute approximate surface area is 128 Å². The van der Waals surface area contributed by atoms with Crippen LogP contribution in [0.25, 0.3) is 11.4 Å². The minimum Gasteiger partial charge on any atom is -0.396 e. The summed E-state index contributed by atoms with van der Waals surface area (Å²) in [6.45, 7) is 1.67. The molecule has 0 radical (unpaired) electrons. The number of pyridine rings is 1. The van der Waals surface area contributed by atoms with E-state index in [4.69, 9.17) is 4.52 Å². The molecule has 2 N–H and O–H groups in total. The molecule has 6 nitrogen and oxygen atoms in total. The van der Waals surface area contributed by atoms with Crippen molar-refractivity contribution in [1.82, 2.24) is 20.4 Å². The van der Waals surface area contributed by atoms with Crippen molar-refractivity contribution >= 4 is 24.8 Å². The molecule has 2 aromatic rings. The van der Waals surface area contributed by atoms with Crippen molar-refractivity contribution in [3.05, 3.63) is 30.4 Å². The maximum Gasteiger partial charge on any atom is 0.231 e. The second-order valence-corrected chi connectivity index (χ2v) is 4.41. The monoisotopic (exact) mass is 318 g/mol. The van der Waals surface area contributed by atoms with Gasteiger partial charge in [0.15, 0.2) is 0 Å². The number of halogens is 2. The van der Waals surface area contributed by atoms with E-state index in [1.807, 2.05) is 12.1 Å². The zero-order valence-electron chi connectivity index (χ0n) is 10.6. The molecule has 1 saturated heterocycles. The molecule has 1 aliphatic rings. The maximum atomic E-state index is 9.28. The van der Waals surface area contributed by atoms with Gasteiger partial charge in [-0.1, -0.05) is 5.16 Å². The van der Waals surface area contributed by atoms with Gasteiger partial charge in [0.2, 0.25) is 11.7 Å². The molecule has 2 atom stereocenters. The van der Waals surface area contributed by atoms with E-state index in [2.05, 4.69) is 20.4 Å². The first kappa shape index (κ1) is 16.8. The van der Waals surface area contributed by atoms with Crippen LogP contribution < -0.4 is 5.32 Å². The normalized spacial score (nSPS) is 21.1. The average molecular weight is 319 g/mol. The molecule has 0 aromatic carbocycles. The van der Waals surface area contributed by atoms with Crippen molar-refractivity contribution in [2.24, 2.45) is 5.92 Å². The largest absolute Gasteiger partial charge is 0.396 e. The number of hydrogen-bond donors (Lipinski definition) is 2. The predicted molar refractivity (Wildman–Crippen MR) is 78.2 cm³/mol. The Kier molecular flexibility index (Phi) is 6.35. The molecule has 3 heterocycles. The molecule has 1 fully saturated rings. The minimum atomic E-state index is 0. The van der Waals surface area contributed by atoms with Crippen LogP contribution in [0.1, 0.15) is 11.8 Å².